The molecular weight excluding hydrogens is 260 g/mol. The van der Waals surface area contributed by atoms with Gasteiger partial charge in [-0.15, -0.1) is 0 Å². The zero-order chi connectivity index (χ0) is 14.4. The van der Waals surface area contributed by atoms with Gasteiger partial charge in [-0.05, 0) is 13.0 Å². The highest BCUT2D eigenvalue weighted by Gasteiger charge is 2.18. The Morgan fingerprint density at radius 1 is 1.15 bits per heavy atom. The molecule has 0 saturated carbocycles. The topological polar surface area (TPSA) is 69.7 Å². The minimum absolute atomic E-state index is 0.187. The van der Waals surface area contributed by atoms with E-state index in [0.717, 1.165) is 0 Å². The molecule has 1 aromatic carbocycles. The number of fused-ring (bicyclic) bond motifs is 2. The van der Waals surface area contributed by atoms with Crippen molar-refractivity contribution in [1.82, 2.24) is 0 Å². The highest BCUT2D eigenvalue weighted by atomic mass is 16.5. The Bertz CT molecular complexity index is 898. The summed E-state index contributed by atoms with van der Waals surface area (Å²) in [4.78, 5) is 23.5. The van der Waals surface area contributed by atoms with E-state index in [1.807, 2.05) is 0 Å². The molecular formula is C15H12O5. The number of ketones is 1. The fourth-order valence-electron chi connectivity index (χ4n) is 2.29. The van der Waals surface area contributed by atoms with Crippen molar-refractivity contribution in [3.8, 4) is 5.75 Å². The van der Waals surface area contributed by atoms with Crippen molar-refractivity contribution in [2.24, 2.45) is 0 Å². The number of ether oxygens (including phenoxy) is 1. The van der Waals surface area contributed by atoms with E-state index < -0.39 is 0 Å². The van der Waals surface area contributed by atoms with Gasteiger partial charge in [0.05, 0.1) is 12.5 Å². The van der Waals surface area contributed by atoms with Crippen LogP contribution in [0.2, 0.25) is 0 Å². The van der Waals surface area contributed by atoms with Crippen LogP contribution in [0.4, 0.5) is 0 Å². The van der Waals surface area contributed by atoms with E-state index in [0.29, 0.717) is 33.4 Å². The van der Waals surface area contributed by atoms with Crippen molar-refractivity contribution < 1.29 is 18.4 Å². The van der Waals surface area contributed by atoms with Gasteiger partial charge in [0.2, 0.25) is 0 Å². The molecule has 2 aromatic heterocycles. The molecule has 3 aromatic rings. The molecule has 5 nitrogen and oxygen atoms in total. The molecule has 0 radical (unpaired) electrons. The second-order valence-electron chi connectivity index (χ2n) is 4.58. The van der Waals surface area contributed by atoms with Crippen molar-refractivity contribution in [3.05, 3.63) is 39.9 Å². The molecule has 0 aliphatic carbocycles. The average Bonchev–Trinajstić information content (AvgIpc) is 2.79. The molecule has 0 saturated heterocycles. The summed E-state index contributed by atoms with van der Waals surface area (Å²) in [5.74, 6) is 0.894. The van der Waals surface area contributed by atoms with E-state index in [4.69, 9.17) is 13.6 Å². The first-order valence-electron chi connectivity index (χ1n) is 6.07. The molecule has 0 aliphatic heterocycles. The molecule has 0 spiro atoms. The third kappa shape index (κ3) is 1.71. The van der Waals surface area contributed by atoms with Crippen LogP contribution in [0.3, 0.4) is 0 Å². The first kappa shape index (κ1) is 12.5. The van der Waals surface area contributed by atoms with Gasteiger partial charge in [-0.2, -0.15) is 0 Å². The number of carbonyl (C=O) groups excluding carboxylic acids is 1. The number of Topliss-reactive ketones (excluding diaryl/α,β-unsaturated/α-hetero) is 1. The molecule has 5 heteroatoms. The van der Waals surface area contributed by atoms with Crippen molar-refractivity contribution in [2.45, 2.75) is 13.8 Å². The van der Waals surface area contributed by atoms with Crippen LogP contribution >= 0.6 is 0 Å². The van der Waals surface area contributed by atoms with Gasteiger partial charge in [-0.25, -0.2) is 0 Å². The third-order valence-corrected chi connectivity index (χ3v) is 3.14. The van der Waals surface area contributed by atoms with E-state index >= 15 is 0 Å². The predicted octanol–water partition coefficient (Wildman–Crippen LogP) is 3.06. The first-order chi connectivity index (χ1) is 9.51. The summed E-state index contributed by atoms with van der Waals surface area (Å²) < 4.78 is 16.3. The minimum atomic E-state index is -0.192. The molecule has 0 atom stereocenters. The SMILES string of the molecule is COc1c2cc(C(C)=O)oc2cc2oc(C)cc(=O)c12. The second kappa shape index (κ2) is 4.23. The van der Waals surface area contributed by atoms with Gasteiger partial charge in [0, 0.05) is 19.1 Å². The van der Waals surface area contributed by atoms with Crippen LogP contribution in [-0.4, -0.2) is 12.9 Å². The fraction of sp³-hybridized carbons (Fsp3) is 0.200. The van der Waals surface area contributed by atoms with E-state index in [-0.39, 0.29) is 17.0 Å². The zero-order valence-corrected chi connectivity index (χ0v) is 11.3. The largest absolute Gasteiger partial charge is 0.495 e. The second-order valence-corrected chi connectivity index (χ2v) is 4.58. The monoisotopic (exact) mass is 272 g/mol. The van der Waals surface area contributed by atoms with Crippen LogP contribution in [0.15, 0.2) is 31.8 Å². The lowest BCUT2D eigenvalue weighted by Gasteiger charge is -2.05. The van der Waals surface area contributed by atoms with Crippen molar-refractivity contribution in [2.75, 3.05) is 7.11 Å². The number of benzene rings is 1. The number of carbonyl (C=O) groups is 1. The van der Waals surface area contributed by atoms with Crippen LogP contribution in [0.1, 0.15) is 23.2 Å². The lowest BCUT2D eigenvalue weighted by atomic mass is 10.1. The van der Waals surface area contributed by atoms with Crippen LogP contribution in [0.5, 0.6) is 5.75 Å². The number of hydrogen-bond donors (Lipinski definition) is 0. The Morgan fingerprint density at radius 2 is 1.90 bits per heavy atom. The highest BCUT2D eigenvalue weighted by Crippen LogP contribution is 2.35. The van der Waals surface area contributed by atoms with E-state index in [2.05, 4.69) is 0 Å². The summed E-state index contributed by atoms with van der Waals surface area (Å²) in [6.07, 6.45) is 0. The minimum Gasteiger partial charge on any atom is -0.495 e. The molecule has 102 valence electrons. The number of rotatable bonds is 2. The Balaban J connectivity index is 2.53. The van der Waals surface area contributed by atoms with Crippen molar-refractivity contribution in [3.63, 3.8) is 0 Å². The van der Waals surface area contributed by atoms with E-state index in [1.165, 1.54) is 20.1 Å². The number of methoxy groups -OCH3 is 1. The van der Waals surface area contributed by atoms with E-state index in [9.17, 15) is 9.59 Å². The van der Waals surface area contributed by atoms with Crippen LogP contribution in [-0.2, 0) is 0 Å². The maximum absolute atomic E-state index is 12.1. The van der Waals surface area contributed by atoms with Crippen LogP contribution in [0.25, 0.3) is 21.9 Å². The molecule has 0 unspecified atom stereocenters. The van der Waals surface area contributed by atoms with Gasteiger partial charge in [0.25, 0.3) is 0 Å². The normalized spacial score (nSPS) is 11.2. The number of furan rings is 1. The molecule has 0 aliphatic rings. The summed E-state index contributed by atoms with van der Waals surface area (Å²) in [5, 5.41) is 0.933. The predicted molar refractivity (Wildman–Crippen MR) is 73.5 cm³/mol. The molecule has 0 amide bonds. The third-order valence-electron chi connectivity index (χ3n) is 3.14. The molecule has 0 fully saturated rings. The van der Waals surface area contributed by atoms with Crippen LogP contribution in [0, 0.1) is 6.92 Å². The van der Waals surface area contributed by atoms with Crippen LogP contribution < -0.4 is 10.2 Å². The summed E-state index contributed by atoms with van der Waals surface area (Å²) in [6.45, 7) is 3.11. The highest BCUT2D eigenvalue weighted by molar-refractivity contribution is 6.04. The first-order valence-corrected chi connectivity index (χ1v) is 6.07. The summed E-state index contributed by atoms with van der Waals surface area (Å²) >= 11 is 0. The maximum atomic E-state index is 12.1. The molecule has 2 heterocycles. The van der Waals surface area contributed by atoms with Gasteiger partial charge in [0.1, 0.15) is 28.1 Å². The average molecular weight is 272 g/mol. The standard InChI is InChI=1S/C15H12O5/c1-7-4-10(17)14-13(19-7)6-12-9(15(14)18-3)5-11(20-12)8(2)16/h4-6H,1-3H3. The fourth-order valence-corrected chi connectivity index (χ4v) is 2.29. The lowest BCUT2D eigenvalue weighted by Crippen LogP contribution is -2.02. The molecule has 20 heavy (non-hydrogen) atoms. The molecule has 3 rings (SSSR count). The van der Waals surface area contributed by atoms with Crippen molar-refractivity contribution in [1.29, 1.82) is 0 Å². The van der Waals surface area contributed by atoms with Gasteiger partial charge in [-0.3, -0.25) is 9.59 Å². The maximum Gasteiger partial charge on any atom is 0.196 e. The summed E-state index contributed by atoms with van der Waals surface area (Å²) in [7, 11) is 1.47. The summed E-state index contributed by atoms with van der Waals surface area (Å²) in [6, 6.07) is 4.59. The quantitative estimate of drug-likeness (QED) is 0.670. The van der Waals surface area contributed by atoms with Crippen molar-refractivity contribution >= 4 is 27.7 Å². The van der Waals surface area contributed by atoms with E-state index in [1.54, 1.807) is 19.1 Å². The Kier molecular flexibility index (Phi) is 2.64. The number of aryl methyl sites for hydroxylation is 1. The molecule has 0 N–H and O–H groups in total. The van der Waals surface area contributed by atoms with Gasteiger partial charge in [-0.1, -0.05) is 0 Å². The number of hydrogen-bond acceptors (Lipinski definition) is 5. The Hall–Kier alpha value is -2.56. The summed E-state index contributed by atoms with van der Waals surface area (Å²) in [5.41, 5.74) is 0.644. The van der Waals surface area contributed by atoms with Gasteiger partial charge >= 0.3 is 0 Å². The van der Waals surface area contributed by atoms with Gasteiger partial charge in [0.15, 0.2) is 17.0 Å². The van der Waals surface area contributed by atoms with Gasteiger partial charge < -0.3 is 13.6 Å². The lowest BCUT2D eigenvalue weighted by molar-refractivity contribution is 0.0989. The smallest absolute Gasteiger partial charge is 0.196 e. The molecule has 0 bridgehead atoms. The Labute approximate surface area is 113 Å². The Morgan fingerprint density at radius 3 is 2.55 bits per heavy atom. The zero-order valence-electron chi connectivity index (χ0n) is 11.3.